The summed E-state index contributed by atoms with van der Waals surface area (Å²) >= 11 is 4.59. The quantitative estimate of drug-likeness (QED) is 0.633. The van der Waals surface area contributed by atoms with Gasteiger partial charge < -0.3 is 4.90 Å². The van der Waals surface area contributed by atoms with E-state index >= 15 is 0 Å². The molecule has 24 heavy (non-hydrogen) atoms. The van der Waals surface area contributed by atoms with Crippen molar-refractivity contribution >= 4 is 45.3 Å². The molecular formula is C16H17N3O2S3. The van der Waals surface area contributed by atoms with Crippen LogP contribution in [0.4, 0.5) is 0 Å². The lowest BCUT2D eigenvalue weighted by atomic mass is 10.4. The molecule has 0 saturated carbocycles. The zero-order valence-corrected chi connectivity index (χ0v) is 15.6. The van der Waals surface area contributed by atoms with Crippen LogP contribution in [0.25, 0.3) is 4.96 Å². The number of hydrogen-bond donors (Lipinski definition) is 0. The Morgan fingerprint density at radius 1 is 1.38 bits per heavy atom. The number of thiazole rings is 1. The molecule has 0 fully saturated rings. The Morgan fingerprint density at radius 3 is 3.00 bits per heavy atom. The molecule has 1 amide bonds. The topological polar surface area (TPSA) is 54.7 Å². The van der Waals surface area contributed by atoms with E-state index in [1.165, 1.54) is 32.4 Å². The molecule has 0 atom stereocenters. The maximum Gasteiger partial charge on any atom is 0.258 e. The highest BCUT2D eigenvalue weighted by Crippen LogP contribution is 2.15. The lowest BCUT2D eigenvalue weighted by Crippen LogP contribution is -2.31. The van der Waals surface area contributed by atoms with Gasteiger partial charge in [0.05, 0.1) is 18.0 Å². The average Bonchev–Trinajstić information content (AvgIpc) is 3.24. The second kappa shape index (κ2) is 7.96. The van der Waals surface area contributed by atoms with Gasteiger partial charge in [0.15, 0.2) is 4.96 Å². The van der Waals surface area contributed by atoms with Gasteiger partial charge in [0.2, 0.25) is 5.91 Å². The summed E-state index contributed by atoms with van der Waals surface area (Å²) in [6, 6.07) is 5.58. The predicted molar refractivity (Wildman–Crippen MR) is 101 cm³/mol. The zero-order chi connectivity index (χ0) is 16.9. The smallest absolute Gasteiger partial charge is 0.258 e. The Bertz CT molecular complexity index is 870. The Morgan fingerprint density at radius 2 is 2.25 bits per heavy atom. The molecule has 3 heterocycles. The molecule has 3 aromatic rings. The van der Waals surface area contributed by atoms with Crippen molar-refractivity contribution in [3.8, 4) is 0 Å². The molecular weight excluding hydrogens is 362 g/mol. The van der Waals surface area contributed by atoms with Crippen LogP contribution < -0.4 is 5.56 Å². The molecule has 0 spiro atoms. The van der Waals surface area contributed by atoms with Gasteiger partial charge in [0.25, 0.3) is 5.56 Å². The lowest BCUT2D eigenvalue weighted by Gasteiger charge is -2.19. The number of carbonyl (C=O) groups excluding carboxylic acids is 1. The van der Waals surface area contributed by atoms with Gasteiger partial charge in [0.1, 0.15) is 0 Å². The van der Waals surface area contributed by atoms with Gasteiger partial charge in [-0.05, 0) is 18.4 Å². The third-order valence-corrected chi connectivity index (χ3v) is 6.06. The Labute approximate surface area is 152 Å². The lowest BCUT2D eigenvalue weighted by molar-refractivity contribution is -0.128. The summed E-state index contributed by atoms with van der Waals surface area (Å²) in [5.74, 6) is 1.07. The number of thioether (sulfide) groups is 1. The number of thiophene rings is 1. The minimum absolute atomic E-state index is 0.0731. The molecule has 0 aliphatic carbocycles. The summed E-state index contributed by atoms with van der Waals surface area (Å²) in [5, 5.41) is 3.86. The summed E-state index contributed by atoms with van der Waals surface area (Å²) in [6.45, 7) is 3.34. The molecule has 0 saturated heterocycles. The first-order valence-electron chi connectivity index (χ1n) is 7.51. The van der Waals surface area contributed by atoms with Gasteiger partial charge in [0, 0.05) is 34.8 Å². The molecule has 0 aliphatic heterocycles. The van der Waals surface area contributed by atoms with Crippen molar-refractivity contribution in [2.45, 2.75) is 19.2 Å². The van der Waals surface area contributed by atoms with Crippen molar-refractivity contribution < 1.29 is 4.79 Å². The Hall–Kier alpha value is -1.64. The highest BCUT2D eigenvalue weighted by atomic mass is 32.2. The molecule has 3 rings (SSSR count). The first-order valence-corrected chi connectivity index (χ1v) is 10.4. The Kier molecular flexibility index (Phi) is 5.70. The van der Waals surface area contributed by atoms with Crippen molar-refractivity contribution in [2.24, 2.45) is 0 Å². The predicted octanol–water partition coefficient (Wildman–Crippen LogP) is 3.10. The van der Waals surface area contributed by atoms with Crippen LogP contribution in [0.1, 0.15) is 17.5 Å². The molecule has 0 aromatic carbocycles. The van der Waals surface area contributed by atoms with Gasteiger partial charge in [-0.2, -0.15) is 0 Å². The monoisotopic (exact) mass is 379 g/mol. The van der Waals surface area contributed by atoms with Crippen LogP contribution in [0.2, 0.25) is 0 Å². The zero-order valence-electron chi connectivity index (χ0n) is 13.2. The number of hydrogen-bond acceptors (Lipinski definition) is 6. The second-order valence-corrected chi connectivity index (χ2v) is 8.01. The summed E-state index contributed by atoms with van der Waals surface area (Å²) in [7, 11) is 0. The fraction of sp³-hybridized carbons (Fsp3) is 0.312. The minimum Gasteiger partial charge on any atom is -0.337 e. The molecule has 126 valence electrons. The number of nitrogens with zero attached hydrogens (tertiary/aromatic N) is 3. The van der Waals surface area contributed by atoms with Crippen molar-refractivity contribution in [1.82, 2.24) is 14.3 Å². The van der Waals surface area contributed by atoms with Crippen LogP contribution in [0, 0.1) is 0 Å². The highest BCUT2D eigenvalue weighted by molar-refractivity contribution is 7.99. The van der Waals surface area contributed by atoms with Gasteiger partial charge in [-0.1, -0.05) is 6.07 Å². The number of aromatic nitrogens is 2. The van der Waals surface area contributed by atoms with Crippen molar-refractivity contribution in [3.63, 3.8) is 0 Å². The molecule has 5 nitrogen and oxygen atoms in total. The number of carbonyl (C=O) groups is 1. The summed E-state index contributed by atoms with van der Waals surface area (Å²) in [6.07, 6.45) is 1.72. The maximum atomic E-state index is 12.4. The Balaban J connectivity index is 1.56. The van der Waals surface area contributed by atoms with Gasteiger partial charge in [-0.3, -0.25) is 14.0 Å². The first kappa shape index (κ1) is 17.2. The molecule has 0 radical (unpaired) electrons. The number of rotatable bonds is 7. The third-order valence-electron chi connectivity index (χ3n) is 3.49. The molecule has 0 unspecified atom stereocenters. The summed E-state index contributed by atoms with van der Waals surface area (Å²) in [4.78, 5) is 32.5. The van der Waals surface area contributed by atoms with E-state index in [0.717, 1.165) is 5.69 Å². The SMILES string of the molecule is CCN(Cc1cccs1)C(=O)CSCc1cc(=O)n2ccsc2n1. The maximum absolute atomic E-state index is 12.4. The molecule has 3 aromatic heterocycles. The van der Waals surface area contributed by atoms with E-state index in [1.807, 2.05) is 34.7 Å². The summed E-state index contributed by atoms with van der Waals surface area (Å²) < 4.78 is 1.53. The second-order valence-electron chi connectivity index (χ2n) is 5.12. The van der Waals surface area contributed by atoms with Gasteiger partial charge >= 0.3 is 0 Å². The average molecular weight is 380 g/mol. The van der Waals surface area contributed by atoms with E-state index in [9.17, 15) is 9.59 Å². The molecule has 0 aliphatic rings. The molecule has 0 bridgehead atoms. The number of amides is 1. The highest BCUT2D eigenvalue weighted by Gasteiger charge is 2.13. The number of fused-ring (bicyclic) bond motifs is 1. The van der Waals surface area contributed by atoms with E-state index < -0.39 is 0 Å². The molecule has 0 N–H and O–H groups in total. The van der Waals surface area contributed by atoms with E-state index in [-0.39, 0.29) is 11.5 Å². The van der Waals surface area contributed by atoms with Crippen LogP contribution in [0.5, 0.6) is 0 Å². The molecule has 8 heteroatoms. The van der Waals surface area contributed by atoms with Crippen LogP contribution in [0.3, 0.4) is 0 Å². The van der Waals surface area contributed by atoms with E-state index in [0.29, 0.717) is 29.6 Å². The van der Waals surface area contributed by atoms with Crippen molar-refractivity contribution in [2.75, 3.05) is 12.3 Å². The van der Waals surface area contributed by atoms with Crippen molar-refractivity contribution in [1.29, 1.82) is 0 Å². The third kappa shape index (κ3) is 4.06. The van der Waals surface area contributed by atoms with E-state index in [2.05, 4.69) is 4.98 Å². The normalized spacial score (nSPS) is 11.0. The van der Waals surface area contributed by atoms with Crippen molar-refractivity contribution in [3.05, 3.63) is 56.1 Å². The van der Waals surface area contributed by atoms with E-state index in [4.69, 9.17) is 0 Å². The van der Waals surface area contributed by atoms with Gasteiger partial charge in [-0.15, -0.1) is 34.4 Å². The van der Waals surface area contributed by atoms with Crippen LogP contribution >= 0.6 is 34.4 Å². The summed E-state index contributed by atoms with van der Waals surface area (Å²) in [5.41, 5.74) is 0.651. The fourth-order valence-corrected chi connectivity index (χ4v) is 4.54. The minimum atomic E-state index is -0.0731. The first-order chi connectivity index (χ1) is 11.7. The largest absolute Gasteiger partial charge is 0.337 e. The van der Waals surface area contributed by atoms with Crippen LogP contribution in [0.15, 0.2) is 40.0 Å². The van der Waals surface area contributed by atoms with Crippen LogP contribution in [-0.2, 0) is 17.1 Å². The standard InChI is InChI=1S/C16H17N3O2S3/c1-2-18(9-13-4-3-6-23-13)15(21)11-22-10-12-8-14(20)19-5-7-24-16(19)17-12/h3-8H,2,9-11H2,1H3. The van der Waals surface area contributed by atoms with E-state index in [1.54, 1.807) is 23.6 Å². The van der Waals surface area contributed by atoms with Crippen LogP contribution in [-0.4, -0.2) is 32.5 Å². The van der Waals surface area contributed by atoms with Gasteiger partial charge in [-0.25, -0.2) is 4.98 Å². The fourth-order valence-electron chi connectivity index (χ4n) is 2.26.